The number of anilines is 1. The van der Waals surface area contributed by atoms with Crippen LogP contribution in [0.2, 0.25) is 0 Å². The molecule has 0 fully saturated rings. The van der Waals surface area contributed by atoms with Crippen molar-refractivity contribution < 1.29 is 9.53 Å². The molecule has 31 heavy (non-hydrogen) atoms. The highest BCUT2D eigenvalue weighted by atomic mass is 32.1. The number of fused-ring (bicyclic) bond motifs is 4. The molecule has 0 atom stereocenters. The van der Waals surface area contributed by atoms with Gasteiger partial charge in [0.25, 0.3) is 5.56 Å². The minimum Gasteiger partial charge on any atom is -0.494 e. The van der Waals surface area contributed by atoms with Gasteiger partial charge in [-0.05, 0) is 44.2 Å². The summed E-state index contributed by atoms with van der Waals surface area (Å²) >= 11 is 1.35. The van der Waals surface area contributed by atoms with Gasteiger partial charge in [-0.15, -0.1) is 0 Å². The molecule has 0 bridgehead atoms. The van der Waals surface area contributed by atoms with E-state index in [0.29, 0.717) is 17.3 Å². The lowest BCUT2D eigenvalue weighted by Crippen LogP contribution is -2.29. The van der Waals surface area contributed by atoms with Crippen LogP contribution in [0, 0.1) is 6.92 Å². The molecule has 2 aromatic carbocycles. The van der Waals surface area contributed by atoms with Gasteiger partial charge in [-0.25, -0.2) is 9.67 Å². The van der Waals surface area contributed by atoms with Crippen LogP contribution in [0.4, 0.5) is 5.13 Å². The van der Waals surface area contributed by atoms with Gasteiger partial charge in [-0.3, -0.25) is 9.59 Å². The Hall–Kier alpha value is -3.72. The minimum atomic E-state index is -0.370. The van der Waals surface area contributed by atoms with Crippen LogP contribution < -0.4 is 15.6 Å². The zero-order valence-corrected chi connectivity index (χ0v) is 17.7. The average Bonchev–Trinajstić information content (AvgIpc) is 3.30. The van der Waals surface area contributed by atoms with Gasteiger partial charge in [-0.1, -0.05) is 23.0 Å². The lowest BCUT2D eigenvalue weighted by atomic mass is 10.1. The van der Waals surface area contributed by atoms with Crippen LogP contribution in [0.3, 0.4) is 0 Å². The highest BCUT2D eigenvalue weighted by Crippen LogP contribution is 2.29. The van der Waals surface area contributed by atoms with Crippen LogP contribution in [0.5, 0.6) is 5.75 Å². The molecular formula is C22H19N5O3S. The molecule has 2 N–H and O–H groups in total. The molecule has 0 saturated heterocycles. The number of H-pyrrole nitrogens is 1. The zero-order valence-electron chi connectivity index (χ0n) is 16.9. The molecule has 0 aliphatic carbocycles. The number of ether oxygens (including phenoxy) is 1. The molecule has 3 aromatic heterocycles. The number of nitrogens with zero attached hydrogens (tertiary/aromatic N) is 3. The number of aromatic amines is 1. The van der Waals surface area contributed by atoms with E-state index in [0.717, 1.165) is 42.5 Å². The molecule has 0 aliphatic rings. The van der Waals surface area contributed by atoms with E-state index in [1.165, 1.54) is 11.3 Å². The summed E-state index contributed by atoms with van der Waals surface area (Å²) in [6, 6.07) is 11.5. The SMILES string of the molecule is CCOc1ccc2nc(NC(=O)Cn3ncc4c([nH]c5ccc(C)cc54)c3=O)sc2c1. The summed E-state index contributed by atoms with van der Waals surface area (Å²) in [4.78, 5) is 33.0. The van der Waals surface area contributed by atoms with Gasteiger partial charge in [0, 0.05) is 16.3 Å². The molecule has 0 spiro atoms. The third kappa shape index (κ3) is 3.53. The van der Waals surface area contributed by atoms with Crippen molar-refractivity contribution in [3.8, 4) is 5.75 Å². The zero-order chi connectivity index (χ0) is 21.5. The van der Waals surface area contributed by atoms with Crippen molar-refractivity contribution >= 4 is 54.4 Å². The van der Waals surface area contributed by atoms with Crippen molar-refractivity contribution in [1.29, 1.82) is 0 Å². The maximum Gasteiger partial charge on any atom is 0.291 e. The first-order chi connectivity index (χ1) is 15.0. The summed E-state index contributed by atoms with van der Waals surface area (Å²) in [5.41, 5.74) is 2.83. The van der Waals surface area contributed by atoms with Crippen LogP contribution >= 0.6 is 11.3 Å². The number of hydrogen-bond donors (Lipinski definition) is 2. The number of rotatable bonds is 5. The van der Waals surface area contributed by atoms with Crippen LogP contribution in [0.25, 0.3) is 32.0 Å². The number of carbonyl (C=O) groups excluding carboxylic acids is 1. The summed E-state index contributed by atoms with van der Waals surface area (Å²) in [6.07, 6.45) is 1.62. The van der Waals surface area contributed by atoms with E-state index < -0.39 is 0 Å². The van der Waals surface area contributed by atoms with Crippen molar-refractivity contribution in [3.05, 3.63) is 58.5 Å². The van der Waals surface area contributed by atoms with Crippen LogP contribution in [0.1, 0.15) is 12.5 Å². The van der Waals surface area contributed by atoms with E-state index in [9.17, 15) is 9.59 Å². The minimum absolute atomic E-state index is 0.205. The molecule has 5 aromatic rings. The maximum absolute atomic E-state index is 12.9. The van der Waals surface area contributed by atoms with Gasteiger partial charge in [0.1, 0.15) is 17.8 Å². The van der Waals surface area contributed by atoms with Gasteiger partial charge in [-0.2, -0.15) is 5.10 Å². The van der Waals surface area contributed by atoms with Crippen LogP contribution in [-0.2, 0) is 11.3 Å². The highest BCUT2D eigenvalue weighted by molar-refractivity contribution is 7.22. The normalized spacial score (nSPS) is 11.4. The maximum atomic E-state index is 12.9. The Kier molecular flexibility index (Phi) is 4.67. The molecule has 0 unspecified atom stereocenters. The van der Waals surface area contributed by atoms with Crippen molar-refractivity contribution in [2.75, 3.05) is 11.9 Å². The Bertz CT molecular complexity index is 1510. The molecular weight excluding hydrogens is 414 g/mol. The lowest BCUT2D eigenvalue weighted by molar-refractivity contribution is -0.117. The quantitative estimate of drug-likeness (QED) is 0.439. The number of nitrogens with one attached hydrogen (secondary N) is 2. The number of thiazole rings is 1. The first kappa shape index (κ1) is 19.3. The van der Waals surface area contributed by atoms with Gasteiger partial charge >= 0.3 is 0 Å². The Morgan fingerprint density at radius 3 is 2.94 bits per heavy atom. The van der Waals surface area contributed by atoms with Gasteiger partial charge < -0.3 is 15.0 Å². The molecule has 5 rings (SSSR count). The molecule has 0 aliphatic heterocycles. The number of hydrogen-bond acceptors (Lipinski definition) is 6. The summed E-state index contributed by atoms with van der Waals surface area (Å²) in [7, 11) is 0. The van der Waals surface area contributed by atoms with Gasteiger partial charge in [0.15, 0.2) is 5.13 Å². The Labute approximate surface area is 180 Å². The summed E-state index contributed by atoms with van der Waals surface area (Å²) in [5.74, 6) is 0.388. The second-order valence-corrected chi connectivity index (χ2v) is 8.23. The molecule has 1 amide bonds. The average molecular weight is 433 g/mol. The molecule has 156 valence electrons. The largest absolute Gasteiger partial charge is 0.494 e. The van der Waals surface area contributed by atoms with E-state index in [4.69, 9.17) is 4.74 Å². The van der Waals surface area contributed by atoms with Gasteiger partial charge in [0.2, 0.25) is 5.91 Å². The fraction of sp³-hybridized carbons (Fsp3) is 0.182. The van der Waals surface area contributed by atoms with Crippen LogP contribution in [0.15, 0.2) is 47.4 Å². The standard InChI is InChI=1S/C22H19N5O3S/c1-3-30-13-5-7-17-18(9-13)31-22(25-17)26-19(28)11-27-21(29)20-15(10-23-27)14-8-12(2)4-6-16(14)24-20/h4-10,24H,3,11H2,1-2H3,(H,25,26,28). The predicted octanol–water partition coefficient (Wildman–Crippen LogP) is 3.83. The van der Waals surface area contributed by atoms with Crippen molar-refractivity contribution in [3.63, 3.8) is 0 Å². The van der Waals surface area contributed by atoms with E-state index in [1.54, 1.807) is 6.20 Å². The summed E-state index contributed by atoms with van der Waals surface area (Å²) in [5, 5.41) is 9.11. The Morgan fingerprint density at radius 2 is 2.10 bits per heavy atom. The van der Waals surface area contributed by atoms with E-state index in [-0.39, 0.29) is 18.0 Å². The first-order valence-electron chi connectivity index (χ1n) is 9.83. The Balaban J connectivity index is 1.40. The summed E-state index contributed by atoms with van der Waals surface area (Å²) < 4.78 is 7.56. The molecule has 0 saturated carbocycles. The third-order valence-corrected chi connectivity index (χ3v) is 5.91. The topological polar surface area (TPSA) is 102 Å². The number of aromatic nitrogens is 4. The first-order valence-corrected chi connectivity index (χ1v) is 10.6. The highest BCUT2D eigenvalue weighted by Gasteiger charge is 2.14. The Morgan fingerprint density at radius 1 is 1.23 bits per heavy atom. The van der Waals surface area contributed by atoms with E-state index in [1.807, 2.05) is 50.2 Å². The number of aryl methyl sites for hydroxylation is 1. The fourth-order valence-corrected chi connectivity index (χ4v) is 4.47. The molecule has 0 radical (unpaired) electrons. The van der Waals surface area contributed by atoms with Crippen molar-refractivity contribution in [2.24, 2.45) is 0 Å². The molecule has 3 heterocycles. The second kappa shape index (κ2) is 7.51. The monoisotopic (exact) mass is 433 g/mol. The fourth-order valence-electron chi connectivity index (χ4n) is 3.56. The lowest BCUT2D eigenvalue weighted by Gasteiger charge is -2.04. The third-order valence-electron chi connectivity index (χ3n) is 4.98. The van der Waals surface area contributed by atoms with Crippen molar-refractivity contribution in [1.82, 2.24) is 19.7 Å². The predicted molar refractivity (Wildman–Crippen MR) is 122 cm³/mol. The van der Waals surface area contributed by atoms with E-state index >= 15 is 0 Å². The van der Waals surface area contributed by atoms with Crippen LogP contribution in [-0.4, -0.2) is 32.3 Å². The van der Waals surface area contributed by atoms with Crippen molar-refractivity contribution in [2.45, 2.75) is 20.4 Å². The number of amides is 1. The summed E-state index contributed by atoms with van der Waals surface area (Å²) in [6.45, 7) is 4.29. The smallest absolute Gasteiger partial charge is 0.291 e. The molecule has 8 nitrogen and oxygen atoms in total. The number of carbonyl (C=O) groups is 1. The molecule has 9 heteroatoms. The van der Waals surface area contributed by atoms with Gasteiger partial charge in [0.05, 0.1) is 23.0 Å². The number of benzene rings is 2. The second-order valence-electron chi connectivity index (χ2n) is 7.20. The van der Waals surface area contributed by atoms with E-state index in [2.05, 4.69) is 20.4 Å².